The zero-order valence-electron chi connectivity index (χ0n) is 20.0. The van der Waals surface area contributed by atoms with Crippen LogP contribution in [0.4, 0.5) is 5.69 Å². The zero-order valence-corrected chi connectivity index (χ0v) is 20.0. The minimum Gasteiger partial charge on any atom is -0.461 e. The van der Waals surface area contributed by atoms with Crippen molar-refractivity contribution >= 4 is 11.7 Å². The number of carbonyl (C=O) groups is 1. The maximum absolute atomic E-state index is 12.9. The lowest BCUT2D eigenvalue weighted by atomic mass is 9.55. The van der Waals surface area contributed by atoms with E-state index in [-0.39, 0.29) is 29.3 Å². The molecule has 1 aromatic rings. The number of aryl methyl sites for hydroxylation is 2. The summed E-state index contributed by atoms with van der Waals surface area (Å²) in [4.78, 5) is 17.8. The quantitative estimate of drug-likeness (QED) is 0.576. The van der Waals surface area contributed by atoms with Gasteiger partial charge in [0.25, 0.3) is 0 Å². The molecule has 0 bridgehead atoms. The highest BCUT2D eigenvalue weighted by atomic mass is 16.6. The molecule has 1 unspecified atom stereocenters. The predicted molar refractivity (Wildman–Crippen MR) is 127 cm³/mol. The number of esters is 1. The highest BCUT2D eigenvalue weighted by Gasteiger charge is 2.59. The van der Waals surface area contributed by atoms with Gasteiger partial charge in [0.1, 0.15) is 6.10 Å². The van der Waals surface area contributed by atoms with Crippen LogP contribution in [0.3, 0.4) is 0 Å². The van der Waals surface area contributed by atoms with Crippen molar-refractivity contribution in [2.24, 2.45) is 23.2 Å². The lowest BCUT2D eigenvalue weighted by Gasteiger charge is -2.52. The lowest BCUT2D eigenvalue weighted by Crippen LogP contribution is -2.55. The molecule has 1 N–H and O–H groups in total. The molecule has 4 aliphatic rings. The van der Waals surface area contributed by atoms with E-state index in [1.54, 1.807) is 0 Å². The van der Waals surface area contributed by atoms with E-state index >= 15 is 0 Å². The first-order valence-electron chi connectivity index (χ1n) is 12.4. The van der Waals surface area contributed by atoms with Crippen LogP contribution in [0.15, 0.2) is 29.8 Å². The van der Waals surface area contributed by atoms with Crippen LogP contribution in [0.1, 0.15) is 44.2 Å². The van der Waals surface area contributed by atoms with Crippen molar-refractivity contribution in [2.45, 2.75) is 59.2 Å². The molecule has 32 heavy (non-hydrogen) atoms. The van der Waals surface area contributed by atoms with Gasteiger partial charge in [-0.1, -0.05) is 31.6 Å². The molecule has 6 atom stereocenters. The number of fused-ring (bicyclic) bond motifs is 2. The van der Waals surface area contributed by atoms with Gasteiger partial charge in [0, 0.05) is 56.2 Å². The summed E-state index contributed by atoms with van der Waals surface area (Å²) >= 11 is 0. The fourth-order valence-electron chi connectivity index (χ4n) is 6.66. The molecule has 5 heteroatoms. The monoisotopic (exact) mass is 438 g/mol. The SMILES string of the molecule is Cc1ccc(N2CCN(CC3C(=O)O[C@@H]4CC5=CCC[C@H](C)[C@@]5(C)[C@@H](O)[C@H]34)CC2)cc1C. The molecule has 1 saturated carbocycles. The zero-order chi connectivity index (χ0) is 22.6. The van der Waals surface area contributed by atoms with Gasteiger partial charge < -0.3 is 14.7 Å². The summed E-state index contributed by atoms with van der Waals surface area (Å²) in [5.74, 6) is 0.00102. The van der Waals surface area contributed by atoms with E-state index in [1.807, 2.05) is 0 Å². The van der Waals surface area contributed by atoms with Crippen molar-refractivity contribution in [3.05, 3.63) is 41.0 Å². The first-order chi connectivity index (χ1) is 15.3. The van der Waals surface area contributed by atoms with Crippen LogP contribution >= 0.6 is 0 Å². The van der Waals surface area contributed by atoms with Crippen LogP contribution in [0.5, 0.6) is 0 Å². The first kappa shape index (κ1) is 22.0. The van der Waals surface area contributed by atoms with Gasteiger partial charge in [-0.25, -0.2) is 0 Å². The van der Waals surface area contributed by atoms with Gasteiger partial charge in [0.2, 0.25) is 0 Å². The Balaban J connectivity index is 1.27. The number of piperazine rings is 1. The third kappa shape index (κ3) is 3.49. The standard InChI is InChI=1S/C27H38N2O3/c1-17-8-9-21(14-18(17)2)29-12-10-28(11-13-29)16-22-24-23(32-26(22)31)15-20-7-5-6-19(3)27(20,4)25(24)30/h7-9,14,19,22-25,30H,5-6,10-13,15-16H2,1-4H3/t19-,22?,23+,24+,25-,27+/m0/s1. The van der Waals surface area contributed by atoms with E-state index in [0.717, 1.165) is 45.4 Å². The van der Waals surface area contributed by atoms with Crippen molar-refractivity contribution < 1.29 is 14.6 Å². The average molecular weight is 439 g/mol. The third-order valence-corrected chi connectivity index (χ3v) is 9.25. The van der Waals surface area contributed by atoms with Crippen LogP contribution in [-0.2, 0) is 9.53 Å². The molecule has 3 fully saturated rings. The van der Waals surface area contributed by atoms with Gasteiger partial charge >= 0.3 is 5.97 Å². The predicted octanol–water partition coefficient (Wildman–Crippen LogP) is 3.71. The molecule has 2 heterocycles. The molecular formula is C27H38N2O3. The van der Waals surface area contributed by atoms with Crippen molar-refractivity contribution in [2.75, 3.05) is 37.6 Å². The van der Waals surface area contributed by atoms with Crippen LogP contribution in [0.25, 0.3) is 0 Å². The summed E-state index contributed by atoms with van der Waals surface area (Å²) < 4.78 is 5.86. The highest BCUT2D eigenvalue weighted by molar-refractivity contribution is 5.76. The van der Waals surface area contributed by atoms with E-state index < -0.39 is 6.10 Å². The number of carbonyl (C=O) groups excluding carboxylic acids is 1. The number of hydrogen-bond donors (Lipinski definition) is 1. The second-order valence-corrected chi connectivity index (χ2v) is 10.9. The summed E-state index contributed by atoms with van der Waals surface area (Å²) in [6, 6.07) is 6.69. The summed E-state index contributed by atoms with van der Waals surface area (Å²) in [6.07, 6.45) is 4.59. The number of aliphatic hydroxyl groups is 1. The second kappa shape index (κ2) is 8.18. The number of ether oxygens (including phenoxy) is 1. The van der Waals surface area contributed by atoms with Crippen LogP contribution in [0.2, 0.25) is 0 Å². The number of anilines is 1. The Labute approximate surface area is 192 Å². The Kier molecular flexibility index (Phi) is 5.61. The van der Waals surface area contributed by atoms with E-state index in [4.69, 9.17) is 4.74 Å². The van der Waals surface area contributed by atoms with Gasteiger partial charge in [-0.3, -0.25) is 9.69 Å². The van der Waals surface area contributed by atoms with Crippen LogP contribution in [-0.4, -0.2) is 60.9 Å². The van der Waals surface area contributed by atoms with Crippen LogP contribution in [0, 0.1) is 37.0 Å². The van der Waals surface area contributed by atoms with Crippen molar-refractivity contribution in [3.8, 4) is 0 Å². The van der Waals surface area contributed by atoms with Gasteiger partial charge in [-0.05, 0) is 55.9 Å². The van der Waals surface area contributed by atoms with Crippen molar-refractivity contribution in [1.82, 2.24) is 4.90 Å². The molecule has 5 nitrogen and oxygen atoms in total. The number of nitrogens with zero attached hydrogens (tertiary/aromatic N) is 2. The van der Waals surface area contributed by atoms with Gasteiger partial charge in [-0.2, -0.15) is 0 Å². The van der Waals surface area contributed by atoms with E-state index in [0.29, 0.717) is 12.5 Å². The molecule has 2 aliphatic heterocycles. The Morgan fingerprint density at radius 3 is 2.62 bits per heavy atom. The molecule has 5 rings (SSSR count). The van der Waals surface area contributed by atoms with Gasteiger partial charge in [-0.15, -0.1) is 0 Å². The Morgan fingerprint density at radius 1 is 1.16 bits per heavy atom. The van der Waals surface area contributed by atoms with E-state index in [1.165, 1.54) is 22.4 Å². The average Bonchev–Trinajstić information content (AvgIpc) is 3.08. The minimum absolute atomic E-state index is 0.0945. The molecular weight excluding hydrogens is 400 g/mol. The Hall–Kier alpha value is -1.85. The van der Waals surface area contributed by atoms with Gasteiger partial charge in [0.05, 0.1) is 12.0 Å². The molecule has 2 saturated heterocycles. The number of aliphatic hydroxyl groups excluding tert-OH is 1. The molecule has 1 aromatic carbocycles. The summed E-state index contributed by atoms with van der Waals surface area (Å²) in [5.41, 5.74) is 5.02. The molecule has 0 spiro atoms. The first-order valence-corrected chi connectivity index (χ1v) is 12.4. The number of rotatable bonds is 3. The summed E-state index contributed by atoms with van der Waals surface area (Å²) in [6.45, 7) is 13.3. The molecule has 0 aromatic heterocycles. The van der Waals surface area contributed by atoms with Crippen molar-refractivity contribution in [3.63, 3.8) is 0 Å². The fraction of sp³-hybridized carbons (Fsp3) is 0.667. The fourth-order valence-corrected chi connectivity index (χ4v) is 6.66. The maximum atomic E-state index is 12.9. The largest absolute Gasteiger partial charge is 0.461 e. The van der Waals surface area contributed by atoms with Crippen LogP contribution < -0.4 is 4.90 Å². The molecule has 0 radical (unpaired) electrons. The summed E-state index contributed by atoms with van der Waals surface area (Å²) in [5, 5.41) is 11.6. The van der Waals surface area contributed by atoms with Gasteiger partial charge in [0.15, 0.2) is 0 Å². The Bertz CT molecular complexity index is 919. The minimum atomic E-state index is -0.518. The smallest absolute Gasteiger partial charge is 0.311 e. The van der Waals surface area contributed by atoms with E-state index in [9.17, 15) is 9.90 Å². The third-order valence-electron chi connectivity index (χ3n) is 9.25. The number of allylic oxidation sites excluding steroid dienone is 1. The normalized spacial score (nSPS) is 37.5. The van der Waals surface area contributed by atoms with E-state index in [2.05, 4.69) is 61.8 Å². The highest BCUT2D eigenvalue weighted by Crippen LogP contribution is 2.56. The van der Waals surface area contributed by atoms with Crippen molar-refractivity contribution in [1.29, 1.82) is 0 Å². The second-order valence-electron chi connectivity index (χ2n) is 10.9. The topological polar surface area (TPSA) is 53.0 Å². The molecule has 2 aliphatic carbocycles. The lowest BCUT2D eigenvalue weighted by molar-refractivity contribution is -0.145. The molecule has 0 amide bonds. The summed E-state index contributed by atoms with van der Waals surface area (Å²) in [7, 11) is 0. The Morgan fingerprint density at radius 2 is 1.91 bits per heavy atom. The maximum Gasteiger partial charge on any atom is 0.311 e. The number of hydrogen-bond acceptors (Lipinski definition) is 5. The number of benzene rings is 1. The molecule has 174 valence electrons.